The molecule has 10 heteroatoms. The molecule has 0 fully saturated rings. The van der Waals surface area contributed by atoms with Gasteiger partial charge in [0, 0.05) is 16.6 Å². The van der Waals surface area contributed by atoms with Crippen LogP contribution in [0.25, 0.3) is 0 Å². The summed E-state index contributed by atoms with van der Waals surface area (Å²) in [6, 6.07) is 7.89. The lowest BCUT2D eigenvalue weighted by Crippen LogP contribution is -2.14. The van der Waals surface area contributed by atoms with Gasteiger partial charge in [-0.3, -0.25) is 14.8 Å². The van der Waals surface area contributed by atoms with E-state index in [1.807, 2.05) is 0 Å². The fourth-order valence-corrected chi connectivity index (χ4v) is 3.81. The van der Waals surface area contributed by atoms with Gasteiger partial charge in [-0.25, -0.2) is 8.42 Å². The summed E-state index contributed by atoms with van der Waals surface area (Å²) < 4.78 is 33.0. The summed E-state index contributed by atoms with van der Waals surface area (Å²) in [5.74, 6) is -0.0173. The van der Waals surface area contributed by atoms with Crippen LogP contribution in [-0.4, -0.2) is 20.5 Å². The average Bonchev–Trinajstić information content (AvgIpc) is 2.49. The highest BCUT2D eigenvalue weighted by molar-refractivity contribution is 9.10. The quantitative estimate of drug-likeness (QED) is 0.584. The maximum Gasteiger partial charge on any atom is 0.271 e. The zero-order chi connectivity index (χ0) is 17.2. The van der Waals surface area contributed by atoms with Crippen LogP contribution in [0.3, 0.4) is 0 Å². The minimum atomic E-state index is -4.13. The van der Waals surface area contributed by atoms with E-state index in [-0.39, 0.29) is 27.0 Å². The Morgan fingerprint density at radius 1 is 1.26 bits per heavy atom. The standard InChI is InChI=1S/C13H10BrClN2O5S/c1-22-12-5-3-9(17(18)19)7-13(12)23(20,21)16-11-4-2-8(14)6-10(11)15/h2-7,16H,1H3. The SMILES string of the molecule is COc1ccc([N+](=O)[O-])cc1S(=O)(=O)Nc1ccc(Br)cc1Cl. The van der Waals surface area contributed by atoms with Gasteiger partial charge in [0.05, 0.1) is 22.7 Å². The number of hydrogen-bond donors (Lipinski definition) is 1. The van der Waals surface area contributed by atoms with Crippen molar-refractivity contribution in [2.45, 2.75) is 4.90 Å². The number of benzene rings is 2. The molecule has 0 saturated carbocycles. The Kier molecular flexibility index (Phi) is 5.12. The molecular formula is C13H10BrClN2O5S. The molecule has 0 aliphatic rings. The van der Waals surface area contributed by atoms with Gasteiger partial charge < -0.3 is 4.74 Å². The average molecular weight is 422 g/mol. The minimum absolute atomic E-state index is 0.0173. The smallest absolute Gasteiger partial charge is 0.271 e. The first kappa shape index (κ1) is 17.5. The van der Waals surface area contributed by atoms with Crippen LogP contribution in [0.5, 0.6) is 5.75 Å². The van der Waals surface area contributed by atoms with E-state index < -0.39 is 14.9 Å². The second kappa shape index (κ2) is 6.73. The maximum absolute atomic E-state index is 12.5. The third-order valence-electron chi connectivity index (χ3n) is 2.82. The molecule has 122 valence electrons. The number of sulfonamides is 1. The third-order valence-corrected chi connectivity index (χ3v) is 5.02. The molecule has 0 bridgehead atoms. The van der Waals surface area contributed by atoms with E-state index in [1.54, 1.807) is 6.07 Å². The molecule has 7 nitrogen and oxygen atoms in total. The van der Waals surface area contributed by atoms with E-state index in [1.165, 1.54) is 25.3 Å². The first-order chi connectivity index (χ1) is 10.7. The predicted molar refractivity (Wildman–Crippen MR) is 89.6 cm³/mol. The minimum Gasteiger partial charge on any atom is -0.495 e. The molecule has 0 aliphatic carbocycles. The van der Waals surface area contributed by atoms with Crippen LogP contribution in [0.1, 0.15) is 0 Å². The number of hydrogen-bond acceptors (Lipinski definition) is 5. The lowest BCUT2D eigenvalue weighted by Gasteiger charge is -2.12. The monoisotopic (exact) mass is 420 g/mol. The van der Waals surface area contributed by atoms with Gasteiger partial charge in [0.2, 0.25) is 0 Å². The molecule has 1 N–H and O–H groups in total. The van der Waals surface area contributed by atoms with Crippen molar-refractivity contribution >= 4 is 48.9 Å². The van der Waals surface area contributed by atoms with Crippen LogP contribution in [-0.2, 0) is 10.0 Å². The highest BCUT2D eigenvalue weighted by Crippen LogP contribution is 2.32. The molecule has 0 aromatic heterocycles. The van der Waals surface area contributed by atoms with Gasteiger partial charge in [-0.15, -0.1) is 0 Å². The van der Waals surface area contributed by atoms with Gasteiger partial charge in [-0.2, -0.15) is 0 Å². The molecular weight excluding hydrogens is 412 g/mol. The van der Waals surface area contributed by atoms with Gasteiger partial charge in [0.1, 0.15) is 10.6 Å². The normalized spacial score (nSPS) is 11.1. The molecule has 0 aliphatic heterocycles. The van der Waals surface area contributed by atoms with Crippen LogP contribution in [0.15, 0.2) is 45.8 Å². The second-order valence-electron chi connectivity index (χ2n) is 4.32. The number of nitrogens with zero attached hydrogens (tertiary/aromatic N) is 1. The van der Waals surface area contributed by atoms with Crippen molar-refractivity contribution in [1.82, 2.24) is 0 Å². The summed E-state index contributed by atoms with van der Waals surface area (Å²) in [5, 5.41) is 11.0. The van der Waals surface area contributed by atoms with Crippen molar-refractivity contribution in [2.75, 3.05) is 11.8 Å². The van der Waals surface area contributed by atoms with Crippen LogP contribution < -0.4 is 9.46 Å². The number of halogens is 2. The molecule has 0 amide bonds. The third kappa shape index (κ3) is 3.92. The molecule has 0 unspecified atom stereocenters. The molecule has 0 spiro atoms. The number of nitro benzene ring substituents is 1. The van der Waals surface area contributed by atoms with E-state index in [0.29, 0.717) is 4.47 Å². The number of non-ortho nitro benzene ring substituents is 1. The number of nitrogens with one attached hydrogen (secondary N) is 1. The van der Waals surface area contributed by atoms with Gasteiger partial charge in [-0.1, -0.05) is 27.5 Å². The first-order valence-corrected chi connectivity index (χ1v) is 8.70. The van der Waals surface area contributed by atoms with E-state index in [0.717, 1.165) is 12.1 Å². The largest absolute Gasteiger partial charge is 0.495 e. The molecule has 2 aromatic rings. The number of methoxy groups -OCH3 is 1. The lowest BCUT2D eigenvalue weighted by atomic mass is 10.3. The van der Waals surface area contributed by atoms with Crippen LogP contribution in [0.4, 0.5) is 11.4 Å². The maximum atomic E-state index is 12.5. The van der Waals surface area contributed by atoms with Crippen molar-refractivity contribution in [1.29, 1.82) is 0 Å². The van der Waals surface area contributed by atoms with Gasteiger partial charge in [-0.05, 0) is 24.3 Å². The molecule has 2 rings (SSSR count). The molecule has 2 aromatic carbocycles. The van der Waals surface area contributed by atoms with E-state index in [9.17, 15) is 18.5 Å². The zero-order valence-corrected chi connectivity index (χ0v) is 14.8. The first-order valence-electron chi connectivity index (χ1n) is 6.05. The Labute approximate surface area is 145 Å². The van der Waals surface area contributed by atoms with Crippen molar-refractivity contribution < 1.29 is 18.1 Å². The van der Waals surface area contributed by atoms with Crippen molar-refractivity contribution in [3.8, 4) is 5.75 Å². The Hall–Kier alpha value is -1.84. The Bertz CT molecular complexity index is 873. The summed E-state index contributed by atoms with van der Waals surface area (Å²) in [7, 11) is -2.86. The number of ether oxygens (including phenoxy) is 1. The molecule has 23 heavy (non-hydrogen) atoms. The second-order valence-corrected chi connectivity index (χ2v) is 7.30. The summed E-state index contributed by atoms with van der Waals surface area (Å²) in [5.41, 5.74) is -0.225. The fraction of sp³-hybridized carbons (Fsp3) is 0.0769. The Morgan fingerprint density at radius 2 is 1.96 bits per heavy atom. The van der Waals surface area contributed by atoms with E-state index in [2.05, 4.69) is 20.7 Å². The van der Waals surface area contributed by atoms with E-state index >= 15 is 0 Å². The number of nitro groups is 1. The highest BCUT2D eigenvalue weighted by atomic mass is 79.9. The van der Waals surface area contributed by atoms with Crippen molar-refractivity contribution in [3.63, 3.8) is 0 Å². The van der Waals surface area contributed by atoms with Crippen LogP contribution in [0, 0.1) is 10.1 Å². The Morgan fingerprint density at radius 3 is 2.52 bits per heavy atom. The molecule has 0 saturated heterocycles. The molecule has 0 radical (unpaired) electrons. The van der Waals surface area contributed by atoms with Crippen molar-refractivity contribution in [2.24, 2.45) is 0 Å². The number of rotatable bonds is 5. The number of anilines is 1. The fourth-order valence-electron chi connectivity index (χ4n) is 1.76. The lowest BCUT2D eigenvalue weighted by molar-refractivity contribution is -0.385. The summed E-state index contributed by atoms with van der Waals surface area (Å²) >= 11 is 9.19. The highest BCUT2D eigenvalue weighted by Gasteiger charge is 2.24. The summed E-state index contributed by atoms with van der Waals surface area (Å²) in [4.78, 5) is 9.81. The van der Waals surface area contributed by atoms with Crippen LogP contribution in [0.2, 0.25) is 5.02 Å². The molecule has 0 heterocycles. The van der Waals surface area contributed by atoms with Crippen LogP contribution >= 0.6 is 27.5 Å². The van der Waals surface area contributed by atoms with Gasteiger partial charge in [0.25, 0.3) is 15.7 Å². The molecule has 0 atom stereocenters. The van der Waals surface area contributed by atoms with E-state index in [4.69, 9.17) is 16.3 Å². The van der Waals surface area contributed by atoms with Gasteiger partial charge >= 0.3 is 0 Å². The predicted octanol–water partition coefficient (Wildman–Crippen LogP) is 3.82. The Balaban J connectivity index is 2.50. The summed E-state index contributed by atoms with van der Waals surface area (Å²) in [6.07, 6.45) is 0. The van der Waals surface area contributed by atoms with Crippen molar-refractivity contribution in [3.05, 3.63) is 56.0 Å². The zero-order valence-electron chi connectivity index (χ0n) is 11.6. The van der Waals surface area contributed by atoms with Gasteiger partial charge in [0.15, 0.2) is 0 Å². The summed E-state index contributed by atoms with van der Waals surface area (Å²) in [6.45, 7) is 0. The topological polar surface area (TPSA) is 98.5 Å².